The number of thioether (sulfide) groups is 1. The third kappa shape index (κ3) is 7.63. The number of aliphatic imine (C=N–C) groups is 1. The number of carboxylic acid groups (broad SMARTS) is 1. The molecule has 2 N–H and O–H groups in total. The molecule has 0 aliphatic carbocycles. The summed E-state index contributed by atoms with van der Waals surface area (Å²) in [5, 5.41) is 17.6. The highest BCUT2D eigenvalue weighted by Gasteiger charge is 2.31. The molecular weight excluding hydrogens is 597 g/mol. The van der Waals surface area contributed by atoms with E-state index in [0.717, 1.165) is 22.4 Å². The summed E-state index contributed by atoms with van der Waals surface area (Å²) < 4.78 is 42.5. The van der Waals surface area contributed by atoms with Crippen molar-refractivity contribution in [3.8, 4) is 22.8 Å². The van der Waals surface area contributed by atoms with E-state index >= 15 is 0 Å². The summed E-state index contributed by atoms with van der Waals surface area (Å²) in [6, 6.07) is 19.3. The Morgan fingerprint density at radius 3 is 2.52 bits per heavy atom. The van der Waals surface area contributed by atoms with Gasteiger partial charge in [0.2, 0.25) is 5.91 Å². The number of halogens is 3. The van der Waals surface area contributed by atoms with Gasteiger partial charge >= 0.3 is 12.3 Å². The number of aryl methyl sites for hydroxylation is 2. The van der Waals surface area contributed by atoms with E-state index in [4.69, 9.17) is 0 Å². The highest BCUT2D eigenvalue weighted by atomic mass is 32.2. The molecule has 4 aromatic rings. The molecule has 1 aromatic heterocycles. The number of alkyl halides is 3. The summed E-state index contributed by atoms with van der Waals surface area (Å²) in [7, 11) is 0. The first-order chi connectivity index (χ1) is 21.1. The fourth-order valence-electron chi connectivity index (χ4n) is 4.52. The minimum absolute atomic E-state index is 0.0420. The molecule has 3 aromatic carbocycles. The van der Waals surface area contributed by atoms with Crippen LogP contribution in [-0.2, 0) is 16.0 Å². The molecule has 0 saturated carbocycles. The molecular formula is C30H27F3N6O4S. The number of aromatic nitrogens is 3. The number of carboxylic acids is 1. The van der Waals surface area contributed by atoms with Gasteiger partial charge in [-0.3, -0.25) is 19.8 Å². The van der Waals surface area contributed by atoms with Gasteiger partial charge in [0.15, 0.2) is 11.0 Å². The van der Waals surface area contributed by atoms with Crippen LogP contribution in [0.25, 0.3) is 17.1 Å². The second kappa shape index (κ2) is 13.3. The van der Waals surface area contributed by atoms with Gasteiger partial charge in [0.1, 0.15) is 18.1 Å². The lowest BCUT2D eigenvalue weighted by molar-refractivity contribution is -0.274. The van der Waals surface area contributed by atoms with Gasteiger partial charge in [-0.15, -0.1) is 18.3 Å². The van der Waals surface area contributed by atoms with Crippen LogP contribution in [0.1, 0.15) is 17.5 Å². The minimum atomic E-state index is -4.77. The maximum Gasteiger partial charge on any atom is 0.573 e. The van der Waals surface area contributed by atoms with Crippen molar-refractivity contribution in [1.29, 1.82) is 0 Å². The van der Waals surface area contributed by atoms with Gasteiger partial charge in [0.05, 0.1) is 23.8 Å². The van der Waals surface area contributed by atoms with Gasteiger partial charge < -0.3 is 9.84 Å². The average molecular weight is 625 g/mol. The second-order valence-corrected chi connectivity index (χ2v) is 10.7. The SMILES string of the molecule is Cc1ccccc1N1C(=O)CSC1=NCNC(CCc1ccc(-c2ncn(-c3ccc(OC(F)(F)F)cc3)n2)cc1)C(=O)O. The first-order valence-corrected chi connectivity index (χ1v) is 14.4. The van der Waals surface area contributed by atoms with Crippen LogP contribution in [0.2, 0.25) is 0 Å². The van der Waals surface area contributed by atoms with Crippen LogP contribution in [0.3, 0.4) is 0 Å². The van der Waals surface area contributed by atoms with E-state index in [1.54, 1.807) is 4.90 Å². The van der Waals surface area contributed by atoms with Crippen LogP contribution in [0.15, 0.2) is 84.1 Å². The number of carbonyl (C=O) groups excluding carboxylic acids is 1. The second-order valence-electron chi connectivity index (χ2n) is 9.79. The zero-order valence-electron chi connectivity index (χ0n) is 23.4. The molecule has 1 atom stereocenters. The number of hydrogen-bond donors (Lipinski definition) is 2. The van der Waals surface area contributed by atoms with Crippen molar-refractivity contribution in [3.05, 3.63) is 90.3 Å². The first kappa shape index (κ1) is 30.8. The Kier molecular flexibility index (Phi) is 9.30. The fourth-order valence-corrected chi connectivity index (χ4v) is 5.38. The lowest BCUT2D eigenvalue weighted by Gasteiger charge is -2.19. The molecule has 1 aliphatic rings. The number of para-hydroxylation sites is 1. The van der Waals surface area contributed by atoms with E-state index in [2.05, 4.69) is 25.1 Å². The molecule has 1 unspecified atom stereocenters. The largest absolute Gasteiger partial charge is 0.573 e. The first-order valence-electron chi connectivity index (χ1n) is 13.5. The van der Waals surface area contributed by atoms with Crippen LogP contribution in [0, 0.1) is 6.92 Å². The van der Waals surface area contributed by atoms with Crippen LogP contribution >= 0.6 is 11.8 Å². The van der Waals surface area contributed by atoms with Gasteiger partial charge in [-0.25, -0.2) is 14.7 Å². The summed E-state index contributed by atoms with van der Waals surface area (Å²) in [6.45, 7) is 1.96. The Morgan fingerprint density at radius 1 is 1.11 bits per heavy atom. The third-order valence-corrected chi connectivity index (χ3v) is 7.69. The molecule has 5 rings (SSSR count). The zero-order valence-corrected chi connectivity index (χ0v) is 24.2. The van der Waals surface area contributed by atoms with Crippen molar-refractivity contribution < 1.29 is 32.6 Å². The summed E-state index contributed by atoms with van der Waals surface area (Å²) >= 11 is 1.32. The van der Waals surface area contributed by atoms with Crippen molar-refractivity contribution in [1.82, 2.24) is 20.1 Å². The van der Waals surface area contributed by atoms with Gasteiger partial charge in [-0.1, -0.05) is 54.2 Å². The molecule has 1 fully saturated rings. The third-order valence-electron chi connectivity index (χ3n) is 6.73. The van der Waals surface area contributed by atoms with E-state index in [1.807, 2.05) is 55.5 Å². The van der Waals surface area contributed by atoms with E-state index in [0.29, 0.717) is 29.5 Å². The molecule has 14 heteroatoms. The molecule has 2 heterocycles. The monoisotopic (exact) mass is 624 g/mol. The molecule has 0 spiro atoms. The van der Waals surface area contributed by atoms with Crippen LogP contribution < -0.4 is 15.0 Å². The smallest absolute Gasteiger partial charge is 0.480 e. The molecule has 228 valence electrons. The topological polar surface area (TPSA) is 122 Å². The Hall–Kier alpha value is -4.69. The molecule has 1 amide bonds. The van der Waals surface area contributed by atoms with Crippen molar-refractivity contribution in [3.63, 3.8) is 0 Å². The van der Waals surface area contributed by atoms with Crippen molar-refractivity contribution in [2.24, 2.45) is 4.99 Å². The number of ether oxygens (including phenoxy) is 1. The molecule has 0 radical (unpaired) electrons. The normalized spacial score (nSPS) is 15.1. The van der Waals surface area contributed by atoms with E-state index < -0.39 is 18.4 Å². The fraction of sp³-hybridized carbons (Fsp3) is 0.233. The molecule has 1 saturated heterocycles. The summed E-state index contributed by atoms with van der Waals surface area (Å²) in [4.78, 5) is 34.7. The molecule has 0 bridgehead atoms. The Labute approximate surface area is 254 Å². The molecule has 1 aliphatic heterocycles. The minimum Gasteiger partial charge on any atom is -0.480 e. The Balaban J connectivity index is 1.16. The number of aliphatic carboxylic acids is 1. The number of benzene rings is 3. The quantitative estimate of drug-likeness (QED) is 0.233. The number of hydrogen-bond acceptors (Lipinski definition) is 8. The average Bonchev–Trinajstić information content (AvgIpc) is 3.62. The van der Waals surface area contributed by atoms with Crippen molar-refractivity contribution in [2.75, 3.05) is 17.3 Å². The van der Waals surface area contributed by atoms with E-state index in [-0.39, 0.29) is 24.1 Å². The Bertz CT molecular complexity index is 1660. The van der Waals surface area contributed by atoms with Crippen LogP contribution in [0.5, 0.6) is 5.75 Å². The highest BCUT2D eigenvalue weighted by molar-refractivity contribution is 8.15. The van der Waals surface area contributed by atoms with E-state index in [9.17, 15) is 27.9 Å². The number of amidine groups is 1. The van der Waals surface area contributed by atoms with Crippen LogP contribution in [-0.4, -0.2) is 61.7 Å². The number of nitrogens with zero attached hydrogens (tertiary/aromatic N) is 5. The maximum absolute atomic E-state index is 12.5. The standard InChI is InChI=1S/C30H27F3N6O4S/c1-19-4-2-3-5-25(19)39-26(40)16-44-29(39)35-17-34-24(28(41)42)15-8-20-6-9-21(10-7-20)27-36-18-38(37-27)22-11-13-23(14-12-22)43-30(31,32)33/h2-7,9-14,18,24,34H,8,15-17H2,1H3,(H,41,42). The predicted octanol–water partition coefficient (Wildman–Crippen LogP) is 5.21. The van der Waals surface area contributed by atoms with Gasteiger partial charge in [0.25, 0.3) is 0 Å². The van der Waals surface area contributed by atoms with Crippen molar-refractivity contribution in [2.45, 2.75) is 32.2 Å². The maximum atomic E-state index is 12.5. The Morgan fingerprint density at radius 2 is 1.84 bits per heavy atom. The predicted molar refractivity (Wildman–Crippen MR) is 160 cm³/mol. The van der Waals surface area contributed by atoms with E-state index in [1.165, 1.54) is 47.0 Å². The number of amides is 1. The number of nitrogens with one attached hydrogen (secondary N) is 1. The number of rotatable bonds is 11. The van der Waals surface area contributed by atoms with Gasteiger partial charge in [0, 0.05) is 5.56 Å². The van der Waals surface area contributed by atoms with Gasteiger partial charge in [-0.05, 0) is 61.2 Å². The number of carbonyl (C=O) groups is 2. The zero-order chi connectivity index (χ0) is 31.3. The lowest BCUT2D eigenvalue weighted by Crippen LogP contribution is -2.38. The number of anilines is 1. The van der Waals surface area contributed by atoms with Crippen LogP contribution in [0.4, 0.5) is 18.9 Å². The van der Waals surface area contributed by atoms with Crippen molar-refractivity contribution >= 4 is 34.5 Å². The summed E-state index contributed by atoms with van der Waals surface area (Å²) in [5.41, 5.74) is 3.84. The molecule has 10 nitrogen and oxygen atoms in total. The molecule has 44 heavy (non-hydrogen) atoms. The summed E-state index contributed by atoms with van der Waals surface area (Å²) in [6.07, 6.45) is -2.52. The summed E-state index contributed by atoms with van der Waals surface area (Å²) in [5.74, 6) is -0.716. The highest BCUT2D eigenvalue weighted by Crippen LogP contribution is 2.29. The van der Waals surface area contributed by atoms with Gasteiger partial charge in [-0.2, -0.15) is 0 Å². The lowest BCUT2D eigenvalue weighted by atomic mass is 10.0.